The lowest BCUT2D eigenvalue weighted by atomic mass is 10.1. The van der Waals surface area contributed by atoms with Gasteiger partial charge in [0.25, 0.3) is 0 Å². The Kier molecular flexibility index (Phi) is 7.17. The molecule has 2 heterocycles. The van der Waals surface area contributed by atoms with Crippen LogP contribution in [-0.4, -0.2) is 35.0 Å². The number of carbonyl (C=O) groups is 1. The van der Waals surface area contributed by atoms with E-state index in [1.54, 1.807) is 6.07 Å². The Morgan fingerprint density at radius 2 is 2.20 bits per heavy atom. The van der Waals surface area contributed by atoms with E-state index in [4.69, 9.17) is 5.26 Å². The summed E-state index contributed by atoms with van der Waals surface area (Å²) in [6, 6.07) is 8.21. The topological polar surface area (TPSA) is 93.9 Å². The number of nitriles is 1. The molecule has 2 N–H and O–H groups in total. The van der Waals surface area contributed by atoms with Gasteiger partial charge in [0.05, 0.1) is 5.56 Å². The molecule has 0 bridgehead atoms. The number of amides is 1. The number of benzene rings is 1. The molecule has 3 rings (SSSR count). The van der Waals surface area contributed by atoms with Crippen molar-refractivity contribution < 1.29 is 9.18 Å². The van der Waals surface area contributed by atoms with E-state index in [1.165, 1.54) is 19.1 Å². The van der Waals surface area contributed by atoms with Gasteiger partial charge in [-0.1, -0.05) is 13.3 Å². The van der Waals surface area contributed by atoms with E-state index >= 15 is 0 Å². The van der Waals surface area contributed by atoms with E-state index in [9.17, 15) is 9.18 Å². The number of unbranched alkanes of at least 4 members (excludes halogenated alkanes) is 1. The Hall–Kier alpha value is -3.21. The van der Waals surface area contributed by atoms with Crippen molar-refractivity contribution in [3.8, 4) is 6.07 Å². The van der Waals surface area contributed by atoms with E-state index < -0.39 is 5.82 Å². The third-order valence-corrected chi connectivity index (χ3v) is 5.05. The maximum Gasteiger partial charge on any atom is 0.229 e. The van der Waals surface area contributed by atoms with Gasteiger partial charge in [0.2, 0.25) is 11.9 Å². The predicted octanol–water partition coefficient (Wildman–Crippen LogP) is 3.68. The van der Waals surface area contributed by atoms with E-state index in [0.29, 0.717) is 18.2 Å². The number of rotatable bonds is 7. The monoisotopic (exact) mass is 410 g/mol. The quantitative estimate of drug-likeness (QED) is 0.723. The summed E-state index contributed by atoms with van der Waals surface area (Å²) >= 11 is 0. The second-order valence-electron chi connectivity index (χ2n) is 7.56. The van der Waals surface area contributed by atoms with Gasteiger partial charge in [0.15, 0.2) is 0 Å². The highest BCUT2D eigenvalue weighted by Crippen LogP contribution is 2.23. The first kappa shape index (κ1) is 21.5. The molecule has 0 aliphatic carbocycles. The summed E-state index contributed by atoms with van der Waals surface area (Å²) in [5.41, 5.74) is 1.45. The summed E-state index contributed by atoms with van der Waals surface area (Å²) in [6.07, 6.45) is 4.81. The van der Waals surface area contributed by atoms with E-state index in [1.807, 2.05) is 12.1 Å². The summed E-state index contributed by atoms with van der Waals surface area (Å²) in [7, 11) is 0. The largest absolute Gasteiger partial charge is 0.354 e. The molecule has 0 saturated carbocycles. The first-order valence-electron chi connectivity index (χ1n) is 10.3. The standard InChI is InChI=1S/C22H27FN6O/c1-3-4-6-17-12-21(29-10-5-7-19(14-29)25-15(2)30)28-22(26-17)27-18-8-9-20(23)16(11-18)13-24/h8-9,11-12,19H,3-7,10,14H2,1-2H3,(H,25,30)(H,26,27,28)/t19-/m1/s1. The molecule has 1 aliphatic heterocycles. The molecular weight excluding hydrogens is 383 g/mol. The molecule has 7 nitrogen and oxygen atoms in total. The summed E-state index contributed by atoms with van der Waals surface area (Å²) in [5.74, 6) is 0.630. The van der Waals surface area contributed by atoms with Crippen LogP contribution in [0.3, 0.4) is 0 Å². The fourth-order valence-electron chi connectivity index (χ4n) is 3.60. The zero-order valence-corrected chi connectivity index (χ0v) is 17.4. The lowest BCUT2D eigenvalue weighted by molar-refractivity contribution is -0.119. The molecule has 1 aromatic heterocycles. The molecule has 0 unspecified atom stereocenters. The zero-order valence-electron chi connectivity index (χ0n) is 17.4. The second kappa shape index (κ2) is 10.0. The first-order valence-corrected chi connectivity index (χ1v) is 10.3. The molecule has 158 valence electrons. The van der Waals surface area contributed by atoms with Crippen molar-refractivity contribution in [2.45, 2.75) is 52.0 Å². The van der Waals surface area contributed by atoms with Crippen molar-refractivity contribution in [3.05, 3.63) is 41.3 Å². The first-order chi connectivity index (χ1) is 14.5. The molecule has 2 aromatic rings. The normalized spacial score (nSPS) is 16.1. The summed E-state index contributed by atoms with van der Waals surface area (Å²) < 4.78 is 13.6. The van der Waals surface area contributed by atoms with Gasteiger partial charge in [-0.3, -0.25) is 4.79 Å². The highest BCUT2D eigenvalue weighted by atomic mass is 19.1. The highest BCUT2D eigenvalue weighted by Gasteiger charge is 2.22. The van der Waals surface area contributed by atoms with Gasteiger partial charge < -0.3 is 15.5 Å². The minimum atomic E-state index is -0.557. The molecule has 1 atom stereocenters. The fourth-order valence-corrected chi connectivity index (χ4v) is 3.60. The average Bonchev–Trinajstić information content (AvgIpc) is 2.73. The van der Waals surface area contributed by atoms with Crippen LogP contribution in [0.4, 0.5) is 21.8 Å². The van der Waals surface area contributed by atoms with Crippen LogP contribution in [0.25, 0.3) is 0 Å². The Labute approximate surface area is 176 Å². The van der Waals surface area contributed by atoms with Crippen molar-refractivity contribution in [3.63, 3.8) is 0 Å². The molecule has 8 heteroatoms. The van der Waals surface area contributed by atoms with Crippen LogP contribution < -0.4 is 15.5 Å². The molecular formula is C22H27FN6O. The number of nitrogens with zero attached hydrogens (tertiary/aromatic N) is 4. The molecule has 0 spiro atoms. The van der Waals surface area contributed by atoms with Crippen LogP contribution >= 0.6 is 0 Å². The number of nitrogens with one attached hydrogen (secondary N) is 2. The number of anilines is 3. The minimum Gasteiger partial charge on any atom is -0.354 e. The number of aromatic nitrogens is 2. The number of carbonyl (C=O) groups excluding carboxylic acids is 1. The lowest BCUT2D eigenvalue weighted by Gasteiger charge is -2.34. The zero-order chi connectivity index (χ0) is 21.5. The van der Waals surface area contributed by atoms with E-state index in [2.05, 4.69) is 32.4 Å². The van der Waals surface area contributed by atoms with Gasteiger partial charge in [-0.25, -0.2) is 9.37 Å². The Morgan fingerprint density at radius 3 is 2.93 bits per heavy atom. The summed E-state index contributed by atoms with van der Waals surface area (Å²) in [4.78, 5) is 22.9. The maximum atomic E-state index is 13.6. The van der Waals surface area contributed by atoms with Crippen molar-refractivity contribution >= 4 is 23.4 Å². The molecule has 1 fully saturated rings. The third-order valence-electron chi connectivity index (χ3n) is 5.05. The average molecular weight is 410 g/mol. The van der Waals surface area contributed by atoms with Gasteiger partial charge in [-0.15, -0.1) is 0 Å². The van der Waals surface area contributed by atoms with Crippen LogP contribution in [0.15, 0.2) is 24.3 Å². The molecule has 1 aromatic carbocycles. The number of hydrogen-bond acceptors (Lipinski definition) is 6. The van der Waals surface area contributed by atoms with Crippen LogP contribution in [0, 0.1) is 17.1 Å². The predicted molar refractivity (Wildman–Crippen MR) is 114 cm³/mol. The number of aryl methyl sites for hydroxylation is 1. The number of hydrogen-bond donors (Lipinski definition) is 2. The SMILES string of the molecule is CCCCc1cc(N2CCC[C@@H](NC(C)=O)C2)nc(Nc2ccc(F)c(C#N)c2)n1. The molecule has 30 heavy (non-hydrogen) atoms. The van der Waals surface area contributed by atoms with Gasteiger partial charge >= 0.3 is 0 Å². The van der Waals surface area contributed by atoms with Crippen LogP contribution in [0.5, 0.6) is 0 Å². The minimum absolute atomic E-state index is 0.0277. The lowest BCUT2D eigenvalue weighted by Crippen LogP contribution is -2.47. The van der Waals surface area contributed by atoms with E-state index in [0.717, 1.165) is 50.2 Å². The van der Waals surface area contributed by atoms with Crippen molar-refractivity contribution in [2.75, 3.05) is 23.3 Å². The van der Waals surface area contributed by atoms with Crippen LogP contribution in [0.1, 0.15) is 50.8 Å². The van der Waals surface area contributed by atoms with Crippen molar-refractivity contribution in [1.82, 2.24) is 15.3 Å². The van der Waals surface area contributed by atoms with Crippen LogP contribution in [0.2, 0.25) is 0 Å². The van der Waals surface area contributed by atoms with Gasteiger partial charge in [0.1, 0.15) is 17.7 Å². The van der Waals surface area contributed by atoms with Crippen molar-refractivity contribution in [1.29, 1.82) is 5.26 Å². The Bertz CT molecular complexity index is 942. The van der Waals surface area contributed by atoms with Gasteiger partial charge in [-0.2, -0.15) is 10.2 Å². The molecule has 1 saturated heterocycles. The maximum absolute atomic E-state index is 13.6. The van der Waals surface area contributed by atoms with Gasteiger partial charge in [0, 0.05) is 43.5 Å². The molecule has 0 radical (unpaired) electrons. The smallest absolute Gasteiger partial charge is 0.229 e. The fraction of sp³-hybridized carbons (Fsp3) is 0.455. The van der Waals surface area contributed by atoms with Gasteiger partial charge in [-0.05, 0) is 43.9 Å². The Balaban J connectivity index is 1.86. The highest BCUT2D eigenvalue weighted by molar-refractivity contribution is 5.73. The Morgan fingerprint density at radius 1 is 1.37 bits per heavy atom. The molecule has 1 aliphatic rings. The molecule has 1 amide bonds. The van der Waals surface area contributed by atoms with E-state index in [-0.39, 0.29) is 17.5 Å². The number of piperidine rings is 1. The number of halogens is 1. The summed E-state index contributed by atoms with van der Waals surface area (Å²) in [6.45, 7) is 5.21. The van der Waals surface area contributed by atoms with Crippen LogP contribution in [-0.2, 0) is 11.2 Å². The van der Waals surface area contributed by atoms with Crippen molar-refractivity contribution in [2.24, 2.45) is 0 Å². The third kappa shape index (κ3) is 5.66. The second-order valence-corrected chi connectivity index (χ2v) is 7.56. The summed E-state index contributed by atoms with van der Waals surface area (Å²) in [5, 5.41) is 15.2.